The van der Waals surface area contributed by atoms with Gasteiger partial charge in [-0.1, -0.05) is 0 Å². The summed E-state index contributed by atoms with van der Waals surface area (Å²) < 4.78 is 29.8. The van der Waals surface area contributed by atoms with Crippen LogP contribution in [0.5, 0.6) is 0 Å². The number of nitrogens with zero attached hydrogens (tertiary/aromatic N) is 5. The van der Waals surface area contributed by atoms with Crippen molar-refractivity contribution in [3.8, 4) is 11.3 Å². The molecule has 0 amide bonds. The van der Waals surface area contributed by atoms with Crippen molar-refractivity contribution in [2.24, 2.45) is 0 Å². The van der Waals surface area contributed by atoms with E-state index in [0.29, 0.717) is 17.5 Å². The molecular weight excluding hydrogens is 360 g/mol. The number of rotatable bonds is 4. The van der Waals surface area contributed by atoms with E-state index in [4.69, 9.17) is 0 Å². The highest BCUT2D eigenvalue weighted by molar-refractivity contribution is 5.87. The zero-order valence-electron chi connectivity index (χ0n) is 16.1. The van der Waals surface area contributed by atoms with Crippen molar-refractivity contribution >= 4 is 16.7 Å². The second kappa shape index (κ2) is 6.51. The first-order valence-electron chi connectivity index (χ1n) is 9.75. The molecule has 1 aliphatic heterocycles. The van der Waals surface area contributed by atoms with Gasteiger partial charge in [-0.05, 0) is 51.6 Å². The average Bonchev–Trinajstić information content (AvgIpc) is 3.26. The second-order valence-corrected chi connectivity index (χ2v) is 8.11. The lowest BCUT2D eigenvalue weighted by Crippen LogP contribution is -2.31. The lowest BCUT2D eigenvalue weighted by Gasteiger charge is -2.21. The SMILES string of the molecule is CN(C)C1CCN(c2cc(-c3cc4cc(F)c(F)cc4n3C3CC3)cnn2)C1. The Labute approximate surface area is 162 Å². The Hall–Kier alpha value is -2.54. The van der Waals surface area contributed by atoms with Gasteiger partial charge >= 0.3 is 0 Å². The molecule has 7 heteroatoms. The molecule has 1 saturated carbocycles. The van der Waals surface area contributed by atoms with E-state index >= 15 is 0 Å². The van der Waals surface area contributed by atoms with Crippen LogP contribution in [0.25, 0.3) is 22.2 Å². The van der Waals surface area contributed by atoms with Gasteiger partial charge in [0.05, 0.1) is 17.4 Å². The van der Waals surface area contributed by atoms with Crippen molar-refractivity contribution in [3.63, 3.8) is 0 Å². The quantitative estimate of drug-likeness (QED) is 0.686. The maximum absolute atomic E-state index is 13.9. The summed E-state index contributed by atoms with van der Waals surface area (Å²) in [5.41, 5.74) is 2.62. The lowest BCUT2D eigenvalue weighted by molar-refractivity contribution is 0.315. The molecule has 5 nitrogen and oxygen atoms in total. The fourth-order valence-electron chi connectivity index (χ4n) is 4.19. The maximum Gasteiger partial charge on any atom is 0.160 e. The van der Waals surface area contributed by atoms with E-state index in [-0.39, 0.29) is 0 Å². The molecule has 2 aliphatic rings. The van der Waals surface area contributed by atoms with E-state index in [0.717, 1.165) is 54.9 Å². The first-order chi connectivity index (χ1) is 13.5. The van der Waals surface area contributed by atoms with Gasteiger partial charge in [-0.15, -0.1) is 5.10 Å². The average molecular weight is 383 g/mol. The molecule has 0 radical (unpaired) electrons. The van der Waals surface area contributed by atoms with E-state index < -0.39 is 11.6 Å². The number of hydrogen-bond donors (Lipinski definition) is 0. The van der Waals surface area contributed by atoms with Crippen molar-refractivity contribution in [2.45, 2.75) is 31.3 Å². The molecule has 1 atom stereocenters. The number of halogens is 2. The predicted molar refractivity (Wildman–Crippen MR) is 105 cm³/mol. The highest BCUT2D eigenvalue weighted by atomic mass is 19.2. The Balaban J connectivity index is 1.57. The van der Waals surface area contributed by atoms with Crippen molar-refractivity contribution in [3.05, 3.63) is 42.1 Å². The number of likely N-dealkylation sites (N-methyl/N-ethyl adjacent to an activating group) is 1. The summed E-state index contributed by atoms with van der Waals surface area (Å²) in [7, 11) is 4.20. The predicted octanol–water partition coefficient (Wildman–Crippen LogP) is 3.85. The van der Waals surface area contributed by atoms with Crippen LogP contribution >= 0.6 is 0 Å². The third-order valence-electron chi connectivity index (χ3n) is 5.95. The number of aromatic nitrogens is 3. The van der Waals surface area contributed by atoms with E-state index in [1.807, 2.05) is 12.1 Å². The molecule has 0 bridgehead atoms. The molecule has 1 unspecified atom stereocenters. The van der Waals surface area contributed by atoms with Crippen LogP contribution in [-0.4, -0.2) is 52.9 Å². The molecule has 0 spiro atoms. The van der Waals surface area contributed by atoms with Crippen LogP contribution in [0, 0.1) is 11.6 Å². The first-order valence-corrected chi connectivity index (χ1v) is 9.75. The van der Waals surface area contributed by atoms with Gasteiger partial charge < -0.3 is 14.4 Å². The molecular formula is C21H23F2N5. The number of benzene rings is 1. The molecule has 5 rings (SSSR count). The normalized spacial score (nSPS) is 19.9. The summed E-state index contributed by atoms with van der Waals surface area (Å²) in [6, 6.07) is 7.41. The van der Waals surface area contributed by atoms with Gasteiger partial charge in [-0.2, -0.15) is 5.10 Å². The lowest BCUT2D eigenvalue weighted by atomic mass is 10.2. The van der Waals surface area contributed by atoms with Gasteiger partial charge in [-0.3, -0.25) is 0 Å². The van der Waals surface area contributed by atoms with Gasteiger partial charge in [0, 0.05) is 42.2 Å². The standard InChI is InChI=1S/C21H23F2N5/c1-26(2)16-5-6-27(12-16)21-9-14(11-24-25-21)19-8-13-7-17(22)18(23)10-20(13)28(19)15-3-4-15/h7-11,15-16H,3-6,12H2,1-2H3. The van der Waals surface area contributed by atoms with Crippen molar-refractivity contribution in [1.29, 1.82) is 0 Å². The number of anilines is 1. The van der Waals surface area contributed by atoms with Crippen LogP contribution in [0.1, 0.15) is 25.3 Å². The topological polar surface area (TPSA) is 37.2 Å². The fraction of sp³-hybridized carbons (Fsp3) is 0.429. The Kier molecular flexibility index (Phi) is 4.08. The summed E-state index contributed by atoms with van der Waals surface area (Å²) in [5.74, 6) is -0.765. The molecule has 3 aromatic rings. The van der Waals surface area contributed by atoms with E-state index in [1.165, 1.54) is 12.1 Å². The van der Waals surface area contributed by atoms with Crippen LogP contribution in [-0.2, 0) is 0 Å². The largest absolute Gasteiger partial charge is 0.353 e. The summed E-state index contributed by atoms with van der Waals surface area (Å²) in [5, 5.41) is 9.29. The molecule has 2 fully saturated rings. The molecule has 28 heavy (non-hydrogen) atoms. The second-order valence-electron chi connectivity index (χ2n) is 8.11. The molecule has 2 aromatic heterocycles. The monoisotopic (exact) mass is 383 g/mol. The highest BCUT2D eigenvalue weighted by Gasteiger charge is 2.29. The van der Waals surface area contributed by atoms with Crippen molar-refractivity contribution < 1.29 is 8.78 Å². The zero-order valence-corrected chi connectivity index (χ0v) is 16.1. The van der Waals surface area contributed by atoms with Crippen molar-refractivity contribution in [1.82, 2.24) is 19.7 Å². The summed E-state index contributed by atoms with van der Waals surface area (Å²) in [4.78, 5) is 4.50. The Morgan fingerprint density at radius 3 is 2.54 bits per heavy atom. The van der Waals surface area contributed by atoms with Gasteiger partial charge in [0.1, 0.15) is 0 Å². The summed E-state index contributed by atoms with van der Waals surface area (Å²) in [6.45, 7) is 1.87. The third-order valence-corrected chi connectivity index (χ3v) is 5.95. The van der Waals surface area contributed by atoms with Gasteiger partial charge in [0.25, 0.3) is 0 Å². The van der Waals surface area contributed by atoms with Gasteiger partial charge in [0.2, 0.25) is 0 Å². The van der Waals surface area contributed by atoms with Crippen LogP contribution in [0.2, 0.25) is 0 Å². The molecule has 0 N–H and O–H groups in total. The Morgan fingerprint density at radius 1 is 1.04 bits per heavy atom. The van der Waals surface area contributed by atoms with Gasteiger partial charge in [-0.25, -0.2) is 8.78 Å². The van der Waals surface area contributed by atoms with E-state index in [1.54, 1.807) is 6.20 Å². The highest BCUT2D eigenvalue weighted by Crippen LogP contribution is 2.43. The van der Waals surface area contributed by atoms with Crippen LogP contribution in [0.15, 0.2) is 30.5 Å². The maximum atomic E-state index is 13.9. The number of hydrogen-bond acceptors (Lipinski definition) is 4. The van der Waals surface area contributed by atoms with E-state index in [9.17, 15) is 8.78 Å². The minimum absolute atomic E-state index is 0.332. The fourth-order valence-corrected chi connectivity index (χ4v) is 4.19. The van der Waals surface area contributed by atoms with Gasteiger partial charge in [0.15, 0.2) is 17.5 Å². The Bertz CT molecular complexity index is 1040. The first kappa shape index (κ1) is 17.6. The molecule has 1 aliphatic carbocycles. The molecule has 1 aromatic carbocycles. The smallest absolute Gasteiger partial charge is 0.160 e. The molecule has 3 heterocycles. The summed E-state index contributed by atoms with van der Waals surface area (Å²) in [6.07, 6.45) is 4.94. The zero-order chi connectivity index (χ0) is 19.4. The molecule has 1 saturated heterocycles. The van der Waals surface area contributed by atoms with Crippen LogP contribution in [0.4, 0.5) is 14.6 Å². The van der Waals surface area contributed by atoms with Crippen LogP contribution < -0.4 is 4.90 Å². The Morgan fingerprint density at radius 2 is 1.82 bits per heavy atom. The minimum atomic E-state index is -0.813. The molecule has 146 valence electrons. The van der Waals surface area contributed by atoms with Crippen LogP contribution in [0.3, 0.4) is 0 Å². The summed E-state index contributed by atoms with van der Waals surface area (Å²) >= 11 is 0. The van der Waals surface area contributed by atoms with E-state index in [2.05, 4.69) is 38.7 Å². The minimum Gasteiger partial charge on any atom is -0.353 e. The third kappa shape index (κ3) is 2.94. The number of fused-ring (bicyclic) bond motifs is 1. The van der Waals surface area contributed by atoms with Crippen molar-refractivity contribution in [2.75, 3.05) is 32.1 Å².